The van der Waals surface area contributed by atoms with Crippen LogP contribution in [0.2, 0.25) is 0 Å². The molecule has 0 aliphatic heterocycles. The van der Waals surface area contributed by atoms with Gasteiger partial charge in [0.15, 0.2) is 5.78 Å². The van der Waals surface area contributed by atoms with Gasteiger partial charge in [-0.05, 0) is 25.1 Å². The molecule has 16 heavy (non-hydrogen) atoms. The van der Waals surface area contributed by atoms with Crippen molar-refractivity contribution >= 4 is 32.6 Å². The predicted molar refractivity (Wildman–Crippen MR) is 67.6 cm³/mol. The Labute approximate surface area is 102 Å². The van der Waals surface area contributed by atoms with Crippen LogP contribution in [0.4, 0.5) is 0 Å². The van der Waals surface area contributed by atoms with Crippen molar-refractivity contribution in [2.75, 3.05) is 11.9 Å². The van der Waals surface area contributed by atoms with E-state index in [1.54, 1.807) is 6.20 Å². The van der Waals surface area contributed by atoms with E-state index in [1.807, 2.05) is 25.1 Å². The monoisotopic (exact) mass is 281 g/mol. The minimum atomic E-state index is 0.0694. The van der Waals surface area contributed by atoms with Crippen LogP contribution in [0, 0.1) is 0 Å². The Hall–Kier alpha value is -1.29. The summed E-state index contributed by atoms with van der Waals surface area (Å²) in [4.78, 5) is 14.7. The summed E-state index contributed by atoms with van der Waals surface area (Å²) in [6.07, 6.45) is 1.74. The van der Waals surface area contributed by atoms with Crippen molar-refractivity contribution in [1.29, 1.82) is 0 Å². The number of fused-ring (bicyclic) bond motifs is 1. The van der Waals surface area contributed by atoms with Crippen LogP contribution in [0.5, 0.6) is 5.75 Å². The summed E-state index contributed by atoms with van der Waals surface area (Å²) in [5.74, 6) is 0.859. The van der Waals surface area contributed by atoms with Gasteiger partial charge in [0.1, 0.15) is 5.75 Å². The largest absolute Gasteiger partial charge is 0.494 e. The maximum atomic E-state index is 11.7. The van der Waals surface area contributed by atoms with Crippen LogP contribution < -0.4 is 4.74 Å². The molecule has 1 heterocycles. The highest BCUT2D eigenvalue weighted by molar-refractivity contribution is 9.09. The van der Waals surface area contributed by atoms with Crippen LogP contribution in [0.1, 0.15) is 17.3 Å². The van der Waals surface area contributed by atoms with Crippen LogP contribution in [0.3, 0.4) is 0 Å². The van der Waals surface area contributed by atoms with Gasteiger partial charge in [-0.3, -0.25) is 4.79 Å². The first kappa shape index (κ1) is 11.2. The molecule has 3 nitrogen and oxygen atoms in total. The van der Waals surface area contributed by atoms with Gasteiger partial charge in [0.2, 0.25) is 0 Å². The highest BCUT2D eigenvalue weighted by Gasteiger charge is 2.11. The number of hydrogen-bond acceptors (Lipinski definition) is 2. The summed E-state index contributed by atoms with van der Waals surface area (Å²) in [6.45, 7) is 2.56. The Balaban J connectivity index is 2.51. The van der Waals surface area contributed by atoms with Crippen molar-refractivity contribution in [1.82, 2.24) is 4.98 Å². The number of carbonyl (C=O) groups excluding carboxylic acids is 1. The molecule has 0 spiro atoms. The van der Waals surface area contributed by atoms with Crippen LogP contribution in [-0.2, 0) is 0 Å². The van der Waals surface area contributed by atoms with Gasteiger partial charge in [-0.2, -0.15) is 0 Å². The number of alkyl halides is 1. The molecule has 0 aliphatic rings. The van der Waals surface area contributed by atoms with Crippen LogP contribution >= 0.6 is 15.9 Å². The number of H-pyrrole nitrogens is 1. The van der Waals surface area contributed by atoms with Gasteiger partial charge in [-0.25, -0.2) is 0 Å². The second kappa shape index (κ2) is 4.70. The molecule has 2 aromatic rings. The summed E-state index contributed by atoms with van der Waals surface area (Å²) in [5.41, 5.74) is 1.65. The number of aromatic amines is 1. The van der Waals surface area contributed by atoms with Gasteiger partial charge in [0, 0.05) is 22.7 Å². The fourth-order valence-electron chi connectivity index (χ4n) is 1.66. The Kier molecular flexibility index (Phi) is 3.29. The Morgan fingerprint density at radius 1 is 1.50 bits per heavy atom. The van der Waals surface area contributed by atoms with Gasteiger partial charge in [-0.1, -0.05) is 15.9 Å². The lowest BCUT2D eigenvalue weighted by Crippen LogP contribution is -1.98. The second-order valence-corrected chi connectivity index (χ2v) is 3.96. The Morgan fingerprint density at radius 2 is 2.31 bits per heavy atom. The third kappa shape index (κ3) is 1.97. The lowest BCUT2D eigenvalue weighted by molar-refractivity contribution is 0.102. The normalized spacial score (nSPS) is 10.6. The lowest BCUT2D eigenvalue weighted by atomic mass is 10.1. The number of rotatable bonds is 4. The molecule has 0 saturated carbocycles. The van der Waals surface area contributed by atoms with Crippen LogP contribution in [-0.4, -0.2) is 22.7 Å². The molecule has 0 fully saturated rings. The molecule has 0 saturated heterocycles. The Bertz CT molecular complexity index is 519. The predicted octanol–water partition coefficient (Wildman–Crippen LogP) is 3.14. The van der Waals surface area contributed by atoms with Crippen molar-refractivity contribution < 1.29 is 9.53 Å². The topological polar surface area (TPSA) is 42.1 Å². The van der Waals surface area contributed by atoms with E-state index in [0.717, 1.165) is 16.7 Å². The number of ketones is 1. The minimum Gasteiger partial charge on any atom is -0.494 e. The maximum Gasteiger partial charge on any atom is 0.175 e. The zero-order valence-electron chi connectivity index (χ0n) is 8.92. The fraction of sp³-hybridized carbons (Fsp3) is 0.250. The number of halogens is 1. The molecular formula is C12H12BrNO2. The number of ether oxygens (including phenoxy) is 1. The van der Waals surface area contributed by atoms with E-state index in [1.165, 1.54) is 0 Å². The average molecular weight is 282 g/mol. The smallest absolute Gasteiger partial charge is 0.175 e. The molecule has 0 unspecified atom stereocenters. The molecular weight excluding hydrogens is 270 g/mol. The first-order valence-electron chi connectivity index (χ1n) is 5.09. The van der Waals surface area contributed by atoms with Crippen molar-refractivity contribution in [2.24, 2.45) is 0 Å². The van der Waals surface area contributed by atoms with Crippen molar-refractivity contribution in [2.45, 2.75) is 6.92 Å². The van der Waals surface area contributed by atoms with Gasteiger partial charge < -0.3 is 9.72 Å². The third-order valence-corrected chi connectivity index (χ3v) is 2.90. The number of nitrogens with one attached hydrogen (secondary N) is 1. The third-order valence-electron chi connectivity index (χ3n) is 2.39. The zero-order chi connectivity index (χ0) is 11.5. The molecule has 1 aromatic carbocycles. The van der Waals surface area contributed by atoms with Crippen LogP contribution in [0.25, 0.3) is 10.9 Å². The number of carbonyl (C=O) groups is 1. The van der Waals surface area contributed by atoms with Gasteiger partial charge in [-0.15, -0.1) is 0 Å². The van der Waals surface area contributed by atoms with E-state index >= 15 is 0 Å². The molecule has 0 amide bonds. The summed E-state index contributed by atoms with van der Waals surface area (Å²) in [7, 11) is 0. The number of benzene rings is 1. The van der Waals surface area contributed by atoms with E-state index in [2.05, 4.69) is 20.9 Å². The molecule has 84 valence electrons. The standard InChI is InChI=1S/C12H12BrNO2/c1-2-16-8-3-4-11-9(5-8)10(7-14-11)12(15)6-13/h3-5,7,14H,2,6H2,1H3. The second-order valence-electron chi connectivity index (χ2n) is 3.40. The average Bonchev–Trinajstić information content (AvgIpc) is 2.71. The SMILES string of the molecule is CCOc1ccc2[nH]cc(C(=O)CBr)c2c1. The quantitative estimate of drug-likeness (QED) is 0.691. The van der Waals surface area contributed by atoms with Crippen molar-refractivity contribution in [3.05, 3.63) is 30.0 Å². The molecule has 0 atom stereocenters. The minimum absolute atomic E-state index is 0.0694. The van der Waals surface area contributed by atoms with Crippen LogP contribution in [0.15, 0.2) is 24.4 Å². The molecule has 1 N–H and O–H groups in total. The van der Waals surface area contributed by atoms with Gasteiger partial charge in [0.25, 0.3) is 0 Å². The highest BCUT2D eigenvalue weighted by atomic mass is 79.9. The van der Waals surface area contributed by atoms with E-state index in [9.17, 15) is 4.79 Å². The molecule has 0 aliphatic carbocycles. The van der Waals surface area contributed by atoms with Gasteiger partial charge in [0.05, 0.1) is 11.9 Å². The Morgan fingerprint density at radius 3 is 3.00 bits per heavy atom. The first-order valence-corrected chi connectivity index (χ1v) is 6.21. The molecule has 4 heteroatoms. The van der Waals surface area contributed by atoms with Crippen molar-refractivity contribution in [3.8, 4) is 5.75 Å². The maximum absolute atomic E-state index is 11.7. The number of Topliss-reactive ketones (excluding diaryl/α,β-unsaturated/α-hetero) is 1. The molecule has 2 rings (SSSR count). The van der Waals surface area contributed by atoms with Gasteiger partial charge >= 0.3 is 0 Å². The molecule has 1 aromatic heterocycles. The van der Waals surface area contributed by atoms with E-state index in [0.29, 0.717) is 17.5 Å². The number of aromatic nitrogens is 1. The fourth-order valence-corrected chi connectivity index (χ4v) is 1.96. The zero-order valence-corrected chi connectivity index (χ0v) is 10.5. The summed E-state index contributed by atoms with van der Waals surface area (Å²) in [5, 5.41) is 1.24. The van der Waals surface area contributed by atoms with E-state index < -0.39 is 0 Å². The van der Waals surface area contributed by atoms with E-state index in [4.69, 9.17) is 4.74 Å². The molecule has 0 bridgehead atoms. The number of hydrogen-bond donors (Lipinski definition) is 1. The summed E-state index contributed by atoms with van der Waals surface area (Å²) >= 11 is 3.18. The first-order chi connectivity index (χ1) is 7.76. The summed E-state index contributed by atoms with van der Waals surface area (Å²) in [6, 6.07) is 5.71. The molecule has 0 radical (unpaired) electrons. The summed E-state index contributed by atoms with van der Waals surface area (Å²) < 4.78 is 5.41. The van der Waals surface area contributed by atoms with Crippen molar-refractivity contribution in [3.63, 3.8) is 0 Å². The van der Waals surface area contributed by atoms with E-state index in [-0.39, 0.29) is 5.78 Å². The highest BCUT2D eigenvalue weighted by Crippen LogP contribution is 2.24. The lowest BCUT2D eigenvalue weighted by Gasteiger charge is -2.03.